The first kappa shape index (κ1) is 15.3. The highest BCUT2D eigenvalue weighted by molar-refractivity contribution is 9.10. The van der Waals surface area contributed by atoms with Crippen LogP contribution in [0.3, 0.4) is 0 Å². The average Bonchev–Trinajstić information content (AvgIpc) is 2.49. The number of rotatable bonds is 5. The quantitative estimate of drug-likeness (QED) is 0.467. The van der Waals surface area contributed by atoms with Crippen molar-refractivity contribution in [2.24, 2.45) is 0 Å². The fourth-order valence-electron chi connectivity index (χ4n) is 1.72. The molecule has 0 spiro atoms. The van der Waals surface area contributed by atoms with E-state index >= 15 is 0 Å². The van der Waals surface area contributed by atoms with E-state index in [2.05, 4.69) is 15.9 Å². The van der Waals surface area contributed by atoms with Gasteiger partial charge in [-0.1, -0.05) is 12.1 Å². The predicted molar refractivity (Wildman–Crippen MR) is 82.1 cm³/mol. The Hall–Kier alpha value is -2.14. The van der Waals surface area contributed by atoms with Crippen LogP contribution in [0.1, 0.15) is 27.6 Å². The van der Waals surface area contributed by atoms with Gasteiger partial charge in [0.25, 0.3) is 0 Å². The zero-order chi connectivity index (χ0) is 15.2. The molecule has 0 heterocycles. The molecule has 0 amide bonds. The van der Waals surface area contributed by atoms with Gasteiger partial charge in [0, 0.05) is 5.56 Å². The summed E-state index contributed by atoms with van der Waals surface area (Å²) in [5.41, 5.74) is 0.843. The highest BCUT2D eigenvalue weighted by atomic mass is 79.9. The minimum Gasteiger partial charge on any atom is -0.493 e. The van der Waals surface area contributed by atoms with E-state index in [0.717, 1.165) is 0 Å². The van der Waals surface area contributed by atoms with Crippen molar-refractivity contribution in [2.45, 2.75) is 6.92 Å². The second-order valence-electron chi connectivity index (χ2n) is 4.16. The van der Waals surface area contributed by atoms with Gasteiger partial charge < -0.3 is 9.47 Å². The molecule has 0 unspecified atom stereocenters. The van der Waals surface area contributed by atoms with Gasteiger partial charge >= 0.3 is 5.97 Å². The Bertz CT molecular complexity index is 667. The summed E-state index contributed by atoms with van der Waals surface area (Å²) < 4.78 is 11.3. The van der Waals surface area contributed by atoms with Crippen molar-refractivity contribution >= 4 is 28.2 Å². The topological polar surface area (TPSA) is 52.6 Å². The van der Waals surface area contributed by atoms with Crippen molar-refractivity contribution in [1.82, 2.24) is 0 Å². The van der Waals surface area contributed by atoms with E-state index in [0.29, 0.717) is 40.0 Å². The van der Waals surface area contributed by atoms with Gasteiger partial charge in [0.05, 0.1) is 16.6 Å². The monoisotopic (exact) mass is 348 g/mol. The Balaban J connectivity index is 2.16. The summed E-state index contributed by atoms with van der Waals surface area (Å²) in [5, 5.41) is 0. The van der Waals surface area contributed by atoms with Crippen molar-refractivity contribution in [3.8, 4) is 11.5 Å². The van der Waals surface area contributed by atoms with E-state index in [1.165, 1.54) is 6.07 Å². The number of aldehydes is 1. The molecule has 0 fully saturated rings. The van der Waals surface area contributed by atoms with Gasteiger partial charge in [-0.3, -0.25) is 4.79 Å². The highest BCUT2D eigenvalue weighted by Crippen LogP contribution is 2.26. The Morgan fingerprint density at radius 1 is 1.24 bits per heavy atom. The van der Waals surface area contributed by atoms with E-state index in [-0.39, 0.29) is 0 Å². The number of benzene rings is 2. The Morgan fingerprint density at radius 3 is 2.71 bits per heavy atom. The molecule has 21 heavy (non-hydrogen) atoms. The Kier molecular flexibility index (Phi) is 5.11. The first-order valence-corrected chi connectivity index (χ1v) is 7.13. The molecule has 0 atom stereocenters. The number of hydrogen-bond donors (Lipinski definition) is 0. The molecule has 0 radical (unpaired) electrons. The molecule has 2 rings (SSSR count). The third-order valence-electron chi connectivity index (χ3n) is 2.67. The number of ether oxygens (including phenoxy) is 2. The van der Waals surface area contributed by atoms with Crippen LogP contribution < -0.4 is 9.47 Å². The number of carbonyl (C=O) groups excluding carboxylic acids is 2. The van der Waals surface area contributed by atoms with Gasteiger partial charge in [-0.15, -0.1) is 0 Å². The molecule has 108 valence electrons. The molecule has 0 aliphatic carbocycles. The lowest BCUT2D eigenvalue weighted by atomic mass is 10.2. The van der Waals surface area contributed by atoms with Crippen molar-refractivity contribution < 1.29 is 19.1 Å². The third kappa shape index (κ3) is 3.92. The standard InChI is InChI=1S/C16H13BrO4/c1-2-20-15-7-6-12(9-14(15)17)16(19)21-13-5-3-4-11(8-13)10-18/h3-10H,2H2,1H3. The van der Waals surface area contributed by atoms with Gasteiger partial charge in [-0.25, -0.2) is 4.79 Å². The van der Waals surface area contributed by atoms with E-state index < -0.39 is 5.97 Å². The lowest BCUT2D eigenvalue weighted by Gasteiger charge is -2.08. The second-order valence-corrected chi connectivity index (χ2v) is 5.01. The smallest absolute Gasteiger partial charge is 0.343 e. The summed E-state index contributed by atoms with van der Waals surface area (Å²) in [4.78, 5) is 22.8. The summed E-state index contributed by atoms with van der Waals surface area (Å²) in [7, 11) is 0. The molecule has 0 aromatic heterocycles. The third-order valence-corrected chi connectivity index (χ3v) is 3.29. The average molecular weight is 349 g/mol. The van der Waals surface area contributed by atoms with E-state index in [9.17, 15) is 9.59 Å². The van der Waals surface area contributed by atoms with Crippen molar-refractivity contribution in [1.29, 1.82) is 0 Å². The van der Waals surface area contributed by atoms with E-state index in [4.69, 9.17) is 9.47 Å². The normalized spacial score (nSPS) is 10.0. The first-order valence-electron chi connectivity index (χ1n) is 6.34. The molecule has 0 aliphatic rings. The van der Waals surface area contributed by atoms with Crippen LogP contribution in [0.15, 0.2) is 46.9 Å². The molecule has 4 nitrogen and oxygen atoms in total. The van der Waals surface area contributed by atoms with Gasteiger partial charge in [-0.05, 0) is 53.2 Å². The fraction of sp³-hybridized carbons (Fsp3) is 0.125. The minimum absolute atomic E-state index is 0.328. The predicted octanol–water partition coefficient (Wildman–Crippen LogP) is 3.88. The number of hydrogen-bond acceptors (Lipinski definition) is 4. The molecular formula is C16H13BrO4. The van der Waals surface area contributed by atoms with Crippen molar-refractivity contribution in [3.05, 3.63) is 58.1 Å². The van der Waals surface area contributed by atoms with Crippen LogP contribution in [0, 0.1) is 0 Å². The van der Waals surface area contributed by atoms with Crippen LogP contribution in [0.4, 0.5) is 0 Å². The molecule has 0 saturated carbocycles. The fourth-order valence-corrected chi connectivity index (χ4v) is 2.21. The Labute approximate surface area is 130 Å². The van der Waals surface area contributed by atoms with Crippen LogP contribution in [0.25, 0.3) is 0 Å². The molecule has 0 bridgehead atoms. The summed E-state index contributed by atoms with van der Waals surface area (Å²) in [6.07, 6.45) is 0.699. The molecule has 5 heteroatoms. The Morgan fingerprint density at radius 2 is 2.05 bits per heavy atom. The van der Waals surface area contributed by atoms with Gasteiger partial charge in [0.1, 0.15) is 17.8 Å². The van der Waals surface area contributed by atoms with Crippen LogP contribution in [-0.2, 0) is 0 Å². The molecular weight excluding hydrogens is 336 g/mol. The zero-order valence-corrected chi connectivity index (χ0v) is 12.9. The summed E-state index contributed by atoms with van der Waals surface area (Å²) in [6, 6.07) is 11.4. The number of esters is 1. The van der Waals surface area contributed by atoms with Crippen molar-refractivity contribution in [3.63, 3.8) is 0 Å². The zero-order valence-electron chi connectivity index (χ0n) is 11.3. The molecule has 0 saturated heterocycles. The van der Waals surface area contributed by atoms with E-state index in [1.807, 2.05) is 6.92 Å². The highest BCUT2D eigenvalue weighted by Gasteiger charge is 2.11. The molecule has 2 aromatic rings. The van der Waals surface area contributed by atoms with Crippen LogP contribution in [0.5, 0.6) is 11.5 Å². The maximum atomic E-state index is 12.1. The maximum absolute atomic E-state index is 12.1. The lowest BCUT2D eigenvalue weighted by molar-refractivity contribution is 0.0734. The summed E-state index contributed by atoms with van der Waals surface area (Å²) >= 11 is 3.35. The van der Waals surface area contributed by atoms with E-state index in [1.54, 1.807) is 36.4 Å². The lowest BCUT2D eigenvalue weighted by Crippen LogP contribution is -2.09. The number of carbonyl (C=O) groups is 2. The summed E-state index contributed by atoms with van der Waals surface area (Å²) in [5.74, 6) is 0.494. The van der Waals surface area contributed by atoms with Crippen LogP contribution in [0.2, 0.25) is 0 Å². The summed E-state index contributed by atoms with van der Waals surface area (Å²) in [6.45, 7) is 2.43. The van der Waals surface area contributed by atoms with Gasteiger partial charge in [-0.2, -0.15) is 0 Å². The number of halogens is 1. The van der Waals surface area contributed by atoms with Crippen LogP contribution >= 0.6 is 15.9 Å². The SMILES string of the molecule is CCOc1ccc(C(=O)Oc2cccc(C=O)c2)cc1Br. The minimum atomic E-state index is -0.498. The maximum Gasteiger partial charge on any atom is 0.343 e. The molecule has 0 aliphatic heterocycles. The van der Waals surface area contributed by atoms with Gasteiger partial charge in [0.15, 0.2) is 0 Å². The first-order chi connectivity index (χ1) is 10.1. The second kappa shape index (κ2) is 7.04. The van der Waals surface area contributed by atoms with Gasteiger partial charge in [0.2, 0.25) is 0 Å². The van der Waals surface area contributed by atoms with Crippen molar-refractivity contribution in [2.75, 3.05) is 6.61 Å². The van der Waals surface area contributed by atoms with Crippen LogP contribution in [-0.4, -0.2) is 18.9 Å². The molecule has 0 N–H and O–H groups in total. The largest absolute Gasteiger partial charge is 0.493 e. The molecule has 2 aromatic carbocycles.